The molecule has 0 saturated heterocycles. The second-order valence-corrected chi connectivity index (χ2v) is 9.31. The Labute approximate surface area is 188 Å². The molecule has 0 aliphatic carbocycles. The lowest BCUT2D eigenvalue weighted by Gasteiger charge is -2.20. The number of carbonyl (C=O) groups excluding carboxylic acids is 3. The van der Waals surface area contributed by atoms with E-state index in [0.717, 1.165) is 15.6 Å². The van der Waals surface area contributed by atoms with Crippen molar-refractivity contribution in [1.29, 1.82) is 0 Å². The summed E-state index contributed by atoms with van der Waals surface area (Å²) in [7, 11) is -2.71. The number of hydrogen-bond acceptors (Lipinski definition) is 7. The highest BCUT2D eigenvalue weighted by molar-refractivity contribution is 7.92. The molecule has 1 heterocycles. The van der Waals surface area contributed by atoms with Crippen LogP contribution in [0, 0.1) is 0 Å². The van der Waals surface area contributed by atoms with E-state index in [-0.39, 0.29) is 21.0 Å². The van der Waals surface area contributed by atoms with E-state index in [1.165, 1.54) is 37.4 Å². The van der Waals surface area contributed by atoms with E-state index in [9.17, 15) is 22.8 Å². The van der Waals surface area contributed by atoms with E-state index in [1.54, 1.807) is 35.7 Å². The topological polar surface area (TPSA) is 136 Å². The molecule has 166 valence electrons. The Bertz CT molecular complexity index is 1260. The van der Waals surface area contributed by atoms with Gasteiger partial charge < -0.3 is 15.8 Å². The van der Waals surface area contributed by atoms with Crippen LogP contribution in [-0.4, -0.2) is 39.9 Å². The number of sulfonamides is 1. The first-order chi connectivity index (χ1) is 15.2. The van der Waals surface area contributed by atoms with Crippen molar-refractivity contribution in [1.82, 2.24) is 0 Å². The molecule has 1 aromatic heterocycles. The van der Waals surface area contributed by atoms with Crippen LogP contribution in [0.15, 0.2) is 70.9 Å². The number of amides is 2. The van der Waals surface area contributed by atoms with E-state index in [4.69, 9.17) is 10.5 Å². The fraction of sp³-hybridized carbons (Fsp3) is 0.0952. The number of rotatable bonds is 8. The first kappa shape index (κ1) is 23.0. The molecule has 3 aromatic rings. The van der Waals surface area contributed by atoms with Crippen LogP contribution in [0.5, 0.6) is 0 Å². The summed E-state index contributed by atoms with van der Waals surface area (Å²) in [6.07, 6.45) is 0. The molecule has 0 atom stereocenters. The minimum Gasteiger partial charge on any atom is -0.452 e. The third-order valence-corrected chi connectivity index (χ3v) is 7.06. The highest BCUT2D eigenvalue weighted by atomic mass is 32.2. The lowest BCUT2D eigenvalue weighted by Crippen LogP contribution is -2.29. The van der Waals surface area contributed by atoms with Crippen molar-refractivity contribution in [3.05, 3.63) is 77.2 Å². The van der Waals surface area contributed by atoms with Gasteiger partial charge in [0.1, 0.15) is 9.90 Å². The number of nitrogens with two attached hydrogens (primary N) is 1. The average molecular weight is 474 g/mol. The van der Waals surface area contributed by atoms with Gasteiger partial charge in [0.25, 0.3) is 21.8 Å². The van der Waals surface area contributed by atoms with Crippen molar-refractivity contribution in [3.63, 3.8) is 0 Å². The number of hydrogen-bond donors (Lipinski definition) is 2. The van der Waals surface area contributed by atoms with Crippen LogP contribution in [0.3, 0.4) is 0 Å². The highest BCUT2D eigenvalue weighted by Crippen LogP contribution is 2.25. The Morgan fingerprint density at radius 2 is 1.66 bits per heavy atom. The Morgan fingerprint density at radius 3 is 2.34 bits per heavy atom. The maximum atomic E-state index is 13.1. The predicted octanol–water partition coefficient (Wildman–Crippen LogP) is 2.47. The quantitative estimate of drug-likeness (QED) is 0.483. The number of benzene rings is 2. The van der Waals surface area contributed by atoms with Crippen molar-refractivity contribution in [3.8, 4) is 0 Å². The van der Waals surface area contributed by atoms with E-state index < -0.39 is 34.4 Å². The van der Waals surface area contributed by atoms with Gasteiger partial charge in [0.05, 0.1) is 16.8 Å². The Morgan fingerprint density at radius 1 is 1.00 bits per heavy atom. The minimum atomic E-state index is -4.08. The molecule has 0 spiro atoms. The number of anilines is 2. The molecule has 3 rings (SSSR count). The number of nitrogens with zero attached hydrogens (tertiary/aromatic N) is 1. The monoisotopic (exact) mass is 473 g/mol. The molecule has 3 N–H and O–H groups in total. The summed E-state index contributed by atoms with van der Waals surface area (Å²) in [6.45, 7) is -0.683. The Hall–Kier alpha value is -3.70. The van der Waals surface area contributed by atoms with Crippen LogP contribution in [0.1, 0.15) is 20.7 Å². The summed E-state index contributed by atoms with van der Waals surface area (Å²) < 4.78 is 32.3. The molecule has 0 fully saturated rings. The highest BCUT2D eigenvalue weighted by Gasteiger charge is 2.27. The van der Waals surface area contributed by atoms with E-state index >= 15 is 0 Å². The summed E-state index contributed by atoms with van der Waals surface area (Å²) in [5.41, 5.74) is 5.56. The van der Waals surface area contributed by atoms with Gasteiger partial charge in [-0.1, -0.05) is 30.3 Å². The number of ether oxygens (including phenoxy) is 1. The van der Waals surface area contributed by atoms with E-state index in [2.05, 4.69) is 5.32 Å². The number of thiophene rings is 1. The van der Waals surface area contributed by atoms with Crippen LogP contribution >= 0.6 is 11.3 Å². The van der Waals surface area contributed by atoms with Gasteiger partial charge in [0, 0.05) is 7.05 Å². The van der Waals surface area contributed by atoms with Gasteiger partial charge in [-0.3, -0.25) is 13.9 Å². The predicted molar refractivity (Wildman–Crippen MR) is 120 cm³/mol. The Balaban J connectivity index is 1.75. The Kier molecular flexibility index (Phi) is 6.91. The van der Waals surface area contributed by atoms with Crippen molar-refractivity contribution < 1.29 is 27.5 Å². The van der Waals surface area contributed by atoms with Crippen LogP contribution in [0.2, 0.25) is 0 Å². The van der Waals surface area contributed by atoms with Crippen LogP contribution in [0.4, 0.5) is 10.7 Å². The number of carbonyl (C=O) groups is 3. The maximum absolute atomic E-state index is 13.1. The summed E-state index contributed by atoms with van der Waals surface area (Å²) in [5.74, 6) is -2.40. The average Bonchev–Trinajstić information content (AvgIpc) is 3.26. The molecule has 32 heavy (non-hydrogen) atoms. The van der Waals surface area contributed by atoms with Crippen molar-refractivity contribution >= 4 is 49.8 Å². The van der Waals surface area contributed by atoms with Gasteiger partial charge in [-0.2, -0.15) is 0 Å². The molecular formula is C21H19N3O6S2. The zero-order valence-electron chi connectivity index (χ0n) is 16.8. The molecule has 2 aromatic carbocycles. The van der Waals surface area contributed by atoms with Gasteiger partial charge in [0.2, 0.25) is 0 Å². The molecule has 0 unspecified atom stereocenters. The molecule has 2 amide bonds. The number of nitrogens with one attached hydrogen (secondary N) is 1. The molecule has 0 aliphatic rings. The first-order valence-corrected chi connectivity index (χ1v) is 11.5. The molecular weight excluding hydrogens is 454 g/mol. The van der Waals surface area contributed by atoms with Gasteiger partial charge in [-0.15, -0.1) is 11.3 Å². The lowest BCUT2D eigenvalue weighted by atomic mass is 10.2. The third kappa shape index (κ3) is 4.95. The SMILES string of the molecule is CN(c1ccccc1)S(=O)(=O)c1ccccc1C(=O)OCC(=O)Nc1sccc1C(N)=O. The summed E-state index contributed by atoms with van der Waals surface area (Å²) >= 11 is 1.09. The largest absolute Gasteiger partial charge is 0.452 e. The number of para-hydroxylation sites is 1. The molecule has 0 aliphatic heterocycles. The van der Waals surface area contributed by atoms with Crippen molar-refractivity contribution in [2.45, 2.75) is 4.90 Å². The minimum absolute atomic E-state index is 0.134. The number of primary amides is 1. The van der Waals surface area contributed by atoms with Crippen molar-refractivity contribution in [2.24, 2.45) is 5.73 Å². The van der Waals surface area contributed by atoms with Crippen molar-refractivity contribution in [2.75, 3.05) is 23.3 Å². The van der Waals surface area contributed by atoms with Gasteiger partial charge in [0.15, 0.2) is 6.61 Å². The molecule has 0 bridgehead atoms. The fourth-order valence-corrected chi connectivity index (χ4v) is 4.94. The lowest BCUT2D eigenvalue weighted by molar-refractivity contribution is -0.119. The maximum Gasteiger partial charge on any atom is 0.340 e. The zero-order valence-corrected chi connectivity index (χ0v) is 18.5. The van der Waals surface area contributed by atoms with Crippen LogP contribution in [0.25, 0.3) is 0 Å². The second-order valence-electron chi connectivity index (χ2n) is 6.46. The zero-order chi connectivity index (χ0) is 23.3. The van der Waals surface area contributed by atoms with Gasteiger partial charge >= 0.3 is 5.97 Å². The van der Waals surface area contributed by atoms with Gasteiger partial charge in [-0.05, 0) is 35.7 Å². The number of esters is 1. The normalized spacial score (nSPS) is 10.9. The van der Waals surface area contributed by atoms with Gasteiger partial charge in [-0.25, -0.2) is 13.2 Å². The molecule has 11 heteroatoms. The summed E-state index contributed by atoms with van der Waals surface area (Å²) in [6, 6.07) is 15.4. The third-order valence-electron chi connectivity index (χ3n) is 4.38. The summed E-state index contributed by atoms with van der Waals surface area (Å²) in [5, 5.41) is 4.24. The molecule has 9 nitrogen and oxygen atoms in total. The summed E-state index contributed by atoms with van der Waals surface area (Å²) in [4.78, 5) is 35.8. The van der Waals surface area contributed by atoms with Crippen LogP contribution in [-0.2, 0) is 19.6 Å². The van der Waals surface area contributed by atoms with E-state index in [0.29, 0.717) is 5.69 Å². The second kappa shape index (κ2) is 9.62. The first-order valence-electron chi connectivity index (χ1n) is 9.19. The smallest absolute Gasteiger partial charge is 0.340 e. The standard InChI is InChI=1S/C21H19N3O6S2/c1-24(14-7-3-2-4-8-14)32(28,29)17-10-6-5-9-15(17)21(27)30-13-18(25)23-20-16(19(22)26)11-12-31-20/h2-12H,13H2,1H3,(H2,22,26)(H,23,25). The van der Waals surface area contributed by atoms with Crippen LogP contribution < -0.4 is 15.4 Å². The molecule has 0 saturated carbocycles. The fourth-order valence-electron chi connectivity index (χ4n) is 2.76. The van der Waals surface area contributed by atoms with E-state index in [1.807, 2.05) is 0 Å². The molecule has 0 radical (unpaired) electrons.